The lowest BCUT2D eigenvalue weighted by molar-refractivity contribution is -0.143. The van der Waals surface area contributed by atoms with Gasteiger partial charge in [0.2, 0.25) is 0 Å². The molecule has 0 radical (unpaired) electrons. The first-order chi connectivity index (χ1) is 18.8. The van der Waals surface area contributed by atoms with Gasteiger partial charge in [-0.3, -0.25) is 9.36 Å². The number of fused-ring (bicyclic) bond motifs is 1. The number of hydrogen-bond acceptors (Lipinski definition) is 8. The fourth-order valence-corrected chi connectivity index (χ4v) is 4.97. The number of hydrogen-bond donors (Lipinski definition) is 3. The summed E-state index contributed by atoms with van der Waals surface area (Å²) >= 11 is 0. The number of aliphatic hydroxyl groups is 2. The number of alkyl halides is 3. The predicted octanol–water partition coefficient (Wildman–Crippen LogP) is 4.23. The average Bonchev–Trinajstić information content (AvgIpc) is 3.55. The molecule has 10 nitrogen and oxygen atoms in total. The van der Waals surface area contributed by atoms with Crippen LogP contribution in [-0.4, -0.2) is 65.6 Å². The standard InChI is InChI=1S/C26H30F3N7O3/c1-2-30-23-10-21-20(12-32-23)24(16-11-33-35(13-16)18(14-37)15-38)34-36(21)17-5-7-19(8-6-17)39-22-4-3-9-31-25(22)26(27,28)29/h3-4,9-13,17-19,37-38H,2,5-8,14-15H2,1H3,(H,30,32). The van der Waals surface area contributed by atoms with Gasteiger partial charge in [-0.05, 0) is 44.7 Å². The maximum absolute atomic E-state index is 13.4. The van der Waals surface area contributed by atoms with Crippen molar-refractivity contribution in [3.05, 3.63) is 48.7 Å². The van der Waals surface area contributed by atoms with Gasteiger partial charge in [0.15, 0.2) is 11.4 Å². The first-order valence-corrected chi connectivity index (χ1v) is 12.9. The smallest absolute Gasteiger partial charge is 0.437 e. The molecule has 4 heterocycles. The van der Waals surface area contributed by atoms with Crippen molar-refractivity contribution in [1.82, 2.24) is 29.5 Å². The van der Waals surface area contributed by atoms with Crippen LogP contribution in [0.1, 0.15) is 50.4 Å². The molecular weight excluding hydrogens is 515 g/mol. The van der Waals surface area contributed by atoms with E-state index in [0.29, 0.717) is 43.7 Å². The molecule has 13 heteroatoms. The molecule has 4 aromatic rings. The van der Waals surface area contributed by atoms with E-state index >= 15 is 0 Å². The number of anilines is 1. The summed E-state index contributed by atoms with van der Waals surface area (Å²) in [5.74, 6) is 0.463. The van der Waals surface area contributed by atoms with Gasteiger partial charge in [-0.15, -0.1) is 0 Å². The van der Waals surface area contributed by atoms with Crippen molar-refractivity contribution in [2.24, 2.45) is 0 Å². The SMILES string of the molecule is CCNc1cc2c(cn1)c(-c1cnn(C(CO)CO)c1)nn2C1CCC(Oc2cccnc2C(F)(F)F)CC1. The van der Waals surface area contributed by atoms with E-state index in [1.54, 1.807) is 18.6 Å². The van der Waals surface area contributed by atoms with Crippen LogP contribution in [0.2, 0.25) is 0 Å². The van der Waals surface area contributed by atoms with E-state index in [1.807, 2.05) is 17.7 Å². The summed E-state index contributed by atoms with van der Waals surface area (Å²) in [7, 11) is 0. The quantitative estimate of drug-likeness (QED) is 0.286. The molecule has 39 heavy (non-hydrogen) atoms. The lowest BCUT2D eigenvalue weighted by Crippen LogP contribution is -2.27. The Bertz CT molecular complexity index is 1410. The number of ether oxygens (including phenoxy) is 1. The molecule has 208 valence electrons. The molecule has 4 aromatic heterocycles. The van der Waals surface area contributed by atoms with Crippen LogP contribution in [0.15, 0.2) is 43.0 Å². The van der Waals surface area contributed by atoms with Crippen molar-refractivity contribution in [2.45, 2.75) is 57.0 Å². The Labute approximate surface area is 222 Å². The molecule has 1 saturated carbocycles. The fourth-order valence-electron chi connectivity index (χ4n) is 4.97. The summed E-state index contributed by atoms with van der Waals surface area (Å²) < 4.78 is 49.3. The van der Waals surface area contributed by atoms with Crippen LogP contribution in [0.5, 0.6) is 5.75 Å². The number of rotatable bonds is 9. The zero-order valence-electron chi connectivity index (χ0n) is 21.3. The van der Waals surface area contributed by atoms with E-state index in [2.05, 4.69) is 20.4 Å². The van der Waals surface area contributed by atoms with Crippen LogP contribution in [0.4, 0.5) is 19.0 Å². The summed E-state index contributed by atoms with van der Waals surface area (Å²) in [6.45, 7) is 2.17. The predicted molar refractivity (Wildman–Crippen MR) is 137 cm³/mol. The Balaban J connectivity index is 1.41. The van der Waals surface area contributed by atoms with Crippen molar-refractivity contribution in [3.8, 4) is 17.0 Å². The highest BCUT2D eigenvalue weighted by Crippen LogP contribution is 2.39. The minimum atomic E-state index is -4.58. The second-order valence-electron chi connectivity index (χ2n) is 9.53. The maximum Gasteiger partial charge on any atom is 0.437 e. The summed E-state index contributed by atoms with van der Waals surface area (Å²) in [6, 6.07) is 4.14. The molecule has 0 spiro atoms. The van der Waals surface area contributed by atoms with Crippen LogP contribution >= 0.6 is 0 Å². The number of aromatic nitrogens is 6. The van der Waals surface area contributed by atoms with Crippen molar-refractivity contribution < 1.29 is 28.1 Å². The lowest BCUT2D eigenvalue weighted by atomic mass is 9.93. The van der Waals surface area contributed by atoms with Crippen LogP contribution < -0.4 is 10.1 Å². The maximum atomic E-state index is 13.4. The third-order valence-electron chi connectivity index (χ3n) is 6.94. The molecule has 0 saturated heterocycles. The van der Waals surface area contributed by atoms with Crippen molar-refractivity contribution >= 4 is 16.7 Å². The largest absolute Gasteiger partial charge is 0.488 e. The highest BCUT2D eigenvalue weighted by atomic mass is 19.4. The monoisotopic (exact) mass is 545 g/mol. The van der Waals surface area contributed by atoms with Gasteiger partial charge in [0.25, 0.3) is 0 Å². The van der Waals surface area contributed by atoms with Crippen LogP contribution in [-0.2, 0) is 6.18 Å². The molecule has 1 aliphatic carbocycles. The van der Waals surface area contributed by atoms with Crippen molar-refractivity contribution in [1.29, 1.82) is 0 Å². The molecule has 1 aliphatic rings. The normalized spacial score (nSPS) is 18.1. The van der Waals surface area contributed by atoms with Crippen molar-refractivity contribution in [2.75, 3.05) is 25.1 Å². The first-order valence-electron chi connectivity index (χ1n) is 12.9. The zero-order chi connectivity index (χ0) is 27.6. The minimum Gasteiger partial charge on any atom is -0.488 e. The third-order valence-corrected chi connectivity index (χ3v) is 6.94. The van der Waals surface area contributed by atoms with Gasteiger partial charge >= 0.3 is 6.18 Å². The Morgan fingerprint density at radius 3 is 2.59 bits per heavy atom. The Hall–Kier alpha value is -3.71. The molecule has 3 N–H and O–H groups in total. The number of aliphatic hydroxyl groups excluding tert-OH is 2. The van der Waals surface area contributed by atoms with E-state index in [0.717, 1.165) is 22.7 Å². The van der Waals surface area contributed by atoms with Gasteiger partial charge in [-0.25, -0.2) is 9.97 Å². The topological polar surface area (TPSA) is 123 Å². The summed E-state index contributed by atoms with van der Waals surface area (Å²) in [5, 5.41) is 32.3. The number of pyridine rings is 2. The summed E-state index contributed by atoms with van der Waals surface area (Å²) in [5.41, 5.74) is 1.26. The second kappa shape index (κ2) is 11.2. The van der Waals surface area contributed by atoms with Gasteiger partial charge in [0, 0.05) is 42.2 Å². The molecule has 0 unspecified atom stereocenters. The Kier molecular flexibility index (Phi) is 7.71. The molecule has 1 fully saturated rings. The highest BCUT2D eigenvalue weighted by Gasteiger charge is 2.37. The molecular formula is C26H30F3N7O3. The van der Waals surface area contributed by atoms with Gasteiger partial charge in [0.05, 0.1) is 43.1 Å². The summed E-state index contributed by atoms with van der Waals surface area (Å²) in [4.78, 5) is 7.99. The van der Waals surface area contributed by atoms with E-state index < -0.39 is 17.9 Å². The molecule has 0 aliphatic heterocycles. The van der Waals surface area contributed by atoms with E-state index in [4.69, 9.17) is 9.84 Å². The minimum absolute atomic E-state index is 0.00615. The third kappa shape index (κ3) is 5.55. The van der Waals surface area contributed by atoms with Gasteiger partial charge in [-0.2, -0.15) is 23.4 Å². The van der Waals surface area contributed by atoms with E-state index in [-0.39, 0.29) is 31.1 Å². The molecule has 0 atom stereocenters. The summed E-state index contributed by atoms with van der Waals surface area (Å²) in [6.07, 6.45) is 3.75. The molecule has 0 bridgehead atoms. The van der Waals surface area contributed by atoms with Gasteiger partial charge in [0.1, 0.15) is 11.5 Å². The van der Waals surface area contributed by atoms with Crippen molar-refractivity contribution in [3.63, 3.8) is 0 Å². The molecule has 5 rings (SSSR count). The number of nitrogens with zero attached hydrogens (tertiary/aromatic N) is 6. The van der Waals surface area contributed by atoms with Crippen LogP contribution in [0.3, 0.4) is 0 Å². The van der Waals surface area contributed by atoms with Gasteiger partial charge < -0.3 is 20.3 Å². The molecule has 0 aromatic carbocycles. The number of halogens is 3. The van der Waals surface area contributed by atoms with Crippen LogP contribution in [0.25, 0.3) is 22.2 Å². The fraction of sp³-hybridized carbons (Fsp3) is 0.462. The Morgan fingerprint density at radius 2 is 1.90 bits per heavy atom. The molecule has 0 amide bonds. The average molecular weight is 546 g/mol. The van der Waals surface area contributed by atoms with Crippen LogP contribution in [0, 0.1) is 0 Å². The van der Waals surface area contributed by atoms with E-state index in [1.165, 1.54) is 16.8 Å². The zero-order valence-corrected chi connectivity index (χ0v) is 21.3. The van der Waals surface area contributed by atoms with E-state index in [9.17, 15) is 23.4 Å². The highest BCUT2D eigenvalue weighted by molar-refractivity contribution is 5.93. The Morgan fingerprint density at radius 1 is 1.13 bits per heavy atom. The van der Waals surface area contributed by atoms with Gasteiger partial charge in [-0.1, -0.05) is 0 Å². The second-order valence-corrected chi connectivity index (χ2v) is 9.53. The first kappa shape index (κ1) is 26.9. The number of nitrogens with one attached hydrogen (secondary N) is 1. The lowest BCUT2D eigenvalue weighted by Gasteiger charge is -2.30.